The van der Waals surface area contributed by atoms with E-state index < -0.39 is 0 Å². The Balaban J connectivity index is 1.72. The number of ether oxygens (including phenoxy) is 2. The zero-order valence-electron chi connectivity index (χ0n) is 14.8. The van der Waals surface area contributed by atoms with Crippen LogP contribution in [0.1, 0.15) is 29.8 Å². The van der Waals surface area contributed by atoms with Gasteiger partial charge < -0.3 is 14.8 Å². The number of aromatic nitrogens is 2. The first-order valence-electron chi connectivity index (χ1n) is 8.61. The molecule has 1 aromatic heterocycles. The molecule has 1 fully saturated rings. The van der Waals surface area contributed by atoms with E-state index in [0.717, 1.165) is 50.6 Å². The fourth-order valence-corrected chi connectivity index (χ4v) is 3.50. The molecule has 5 nitrogen and oxygen atoms in total. The standard InChI is InChI=1S/C19H27N3O2/c1-15-14-16(2)22(21-15)11-10-20-19(8-12-24-13-9-19)17-4-6-18(23-3)7-5-17/h4-7,14,20H,8-13H2,1-3H3. The van der Waals surface area contributed by atoms with Crippen molar-refractivity contribution >= 4 is 0 Å². The van der Waals surface area contributed by atoms with Crippen LogP contribution >= 0.6 is 0 Å². The molecule has 0 saturated carbocycles. The van der Waals surface area contributed by atoms with E-state index in [1.807, 2.05) is 19.1 Å². The van der Waals surface area contributed by atoms with Crippen molar-refractivity contribution in [1.82, 2.24) is 15.1 Å². The monoisotopic (exact) mass is 329 g/mol. The number of aryl methyl sites for hydroxylation is 2. The molecule has 5 heteroatoms. The fourth-order valence-electron chi connectivity index (χ4n) is 3.50. The van der Waals surface area contributed by atoms with Crippen LogP contribution in [0.2, 0.25) is 0 Å². The van der Waals surface area contributed by atoms with Crippen molar-refractivity contribution in [3.05, 3.63) is 47.3 Å². The van der Waals surface area contributed by atoms with Crippen LogP contribution in [0.5, 0.6) is 5.75 Å². The van der Waals surface area contributed by atoms with Crippen LogP contribution in [-0.4, -0.2) is 36.6 Å². The van der Waals surface area contributed by atoms with Crippen molar-refractivity contribution in [2.24, 2.45) is 0 Å². The molecule has 1 saturated heterocycles. The molecule has 0 radical (unpaired) electrons. The lowest BCUT2D eigenvalue weighted by atomic mass is 9.82. The summed E-state index contributed by atoms with van der Waals surface area (Å²) in [5, 5.41) is 8.34. The normalized spacial score (nSPS) is 17.0. The van der Waals surface area contributed by atoms with Gasteiger partial charge in [0.1, 0.15) is 5.75 Å². The summed E-state index contributed by atoms with van der Waals surface area (Å²) in [4.78, 5) is 0. The molecule has 3 rings (SSSR count). The van der Waals surface area contributed by atoms with Crippen molar-refractivity contribution in [3.63, 3.8) is 0 Å². The van der Waals surface area contributed by atoms with Gasteiger partial charge in [0.2, 0.25) is 0 Å². The average Bonchev–Trinajstić information content (AvgIpc) is 2.93. The Hall–Kier alpha value is -1.85. The lowest BCUT2D eigenvalue weighted by molar-refractivity contribution is 0.0362. The summed E-state index contributed by atoms with van der Waals surface area (Å²) < 4.78 is 13.0. The van der Waals surface area contributed by atoms with Crippen LogP contribution < -0.4 is 10.1 Å². The lowest BCUT2D eigenvalue weighted by Crippen LogP contribution is -2.47. The van der Waals surface area contributed by atoms with Gasteiger partial charge >= 0.3 is 0 Å². The molecule has 24 heavy (non-hydrogen) atoms. The van der Waals surface area contributed by atoms with E-state index in [1.165, 1.54) is 11.3 Å². The first-order chi connectivity index (χ1) is 11.6. The number of rotatable bonds is 6. The largest absolute Gasteiger partial charge is 0.497 e. The van der Waals surface area contributed by atoms with Gasteiger partial charge in [-0.05, 0) is 50.5 Å². The summed E-state index contributed by atoms with van der Waals surface area (Å²) in [6.45, 7) is 7.48. The maximum absolute atomic E-state index is 5.60. The quantitative estimate of drug-likeness (QED) is 0.885. The minimum Gasteiger partial charge on any atom is -0.497 e. The lowest BCUT2D eigenvalue weighted by Gasteiger charge is -2.39. The van der Waals surface area contributed by atoms with Crippen LogP contribution in [0, 0.1) is 13.8 Å². The number of benzene rings is 1. The van der Waals surface area contributed by atoms with Gasteiger partial charge in [0, 0.05) is 31.0 Å². The number of methoxy groups -OCH3 is 1. The predicted molar refractivity (Wildman–Crippen MR) is 94.4 cm³/mol. The third kappa shape index (κ3) is 3.62. The van der Waals surface area contributed by atoms with Crippen LogP contribution in [0.25, 0.3) is 0 Å². The van der Waals surface area contributed by atoms with Crippen LogP contribution in [0.4, 0.5) is 0 Å². The van der Waals surface area contributed by atoms with Gasteiger partial charge in [-0.25, -0.2) is 0 Å². The SMILES string of the molecule is COc1ccc(C2(NCCn3nc(C)cc3C)CCOCC2)cc1. The second kappa shape index (κ2) is 7.36. The fraction of sp³-hybridized carbons (Fsp3) is 0.526. The zero-order chi connectivity index (χ0) is 17.0. The Morgan fingerprint density at radius 3 is 2.50 bits per heavy atom. The van der Waals surface area contributed by atoms with E-state index in [-0.39, 0.29) is 5.54 Å². The highest BCUT2D eigenvalue weighted by atomic mass is 16.5. The molecule has 2 aromatic rings. The molecule has 0 unspecified atom stereocenters. The molecule has 0 amide bonds. The van der Waals surface area contributed by atoms with Crippen LogP contribution in [0.15, 0.2) is 30.3 Å². The van der Waals surface area contributed by atoms with Gasteiger partial charge in [0.15, 0.2) is 0 Å². The molecule has 1 N–H and O–H groups in total. The number of nitrogens with zero attached hydrogens (tertiary/aromatic N) is 2. The van der Waals surface area contributed by atoms with E-state index >= 15 is 0 Å². The minimum atomic E-state index is -0.0272. The maximum Gasteiger partial charge on any atom is 0.118 e. The van der Waals surface area contributed by atoms with Crippen molar-refractivity contribution in [3.8, 4) is 5.75 Å². The van der Waals surface area contributed by atoms with Gasteiger partial charge in [-0.1, -0.05) is 12.1 Å². The molecular formula is C19H27N3O2. The Morgan fingerprint density at radius 2 is 1.92 bits per heavy atom. The summed E-state index contributed by atoms with van der Waals surface area (Å²) in [6, 6.07) is 10.5. The van der Waals surface area contributed by atoms with Crippen molar-refractivity contribution in [2.45, 2.75) is 38.8 Å². The van der Waals surface area contributed by atoms with E-state index in [9.17, 15) is 0 Å². The maximum atomic E-state index is 5.60. The van der Waals surface area contributed by atoms with Crippen molar-refractivity contribution < 1.29 is 9.47 Å². The summed E-state index contributed by atoms with van der Waals surface area (Å²) in [5.74, 6) is 0.892. The Kier molecular flexibility index (Phi) is 5.21. The molecule has 1 aromatic carbocycles. The van der Waals surface area contributed by atoms with Crippen molar-refractivity contribution in [2.75, 3.05) is 26.9 Å². The number of hydrogen-bond donors (Lipinski definition) is 1. The van der Waals surface area contributed by atoms with E-state index in [4.69, 9.17) is 9.47 Å². The van der Waals surface area contributed by atoms with Crippen LogP contribution in [-0.2, 0) is 16.8 Å². The molecule has 0 atom stereocenters. The number of nitrogens with one attached hydrogen (secondary N) is 1. The highest BCUT2D eigenvalue weighted by Crippen LogP contribution is 2.33. The third-order valence-corrected chi connectivity index (χ3v) is 4.88. The van der Waals surface area contributed by atoms with E-state index in [2.05, 4.69) is 40.2 Å². The molecule has 1 aliphatic heterocycles. The second-order valence-electron chi connectivity index (χ2n) is 6.50. The van der Waals surface area contributed by atoms with Gasteiger partial charge in [0.05, 0.1) is 19.3 Å². The third-order valence-electron chi connectivity index (χ3n) is 4.88. The molecule has 0 aliphatic carbocycles. The van der Waals surface area contributed by atoms with Gasteiger partial charge in [-0.2, -0.15) is 5.10 Å². The summed E-state index contributed by atoms with van der Waals surface area (Å²) in [6.07, 6.45) is 1.97. The van der Waals surface area contributed by atoms with Crippen molar-refractivity contribution in [1.29, 1.82) is 0 Å². The smallest absolute Gasteiger partial charge is 0.118 e. The van der Waals surface area contributed by atoms with Gasteiger partial charge in [-0.3, -0.25) is 4.68 Å². The predicted octanol–water partition coefficient (Wildman–Crippen LogP) is 2.80. The first-order valence-corrected chi connectivity index (χ1v) is 8.61. The average molecular weight is 329 g/mol. The molecule has 130 valence electrons. The topological polar surface area (TPSA) is 48.3 Å². The summed E-state index contributed by atoms with van der Waals surface area (Å²) >= 11 is 0. The molecule has 0 spiro atoms. The number of hydrogen-bond acceptors (Lipinski definition) is 4. The molecule has 1 aliphatic rings. The molecular weight excluding hydrogens is 302 g/mol. The molecule has 2 heterocycles. The first kappa shape index (κ1) is 17.0. The Bertz CT molecular complexity index is 658. The highest BCUT2D eigenvalue weighted by Gasteiger charge is 2.33. The Labute approximate surface area is 144 Å². The van der Waals surface area contributed by atoms with E-state index in [0.29, 0.717) is 0 Å². The Morgan fingerprint density at radius 1 is 1.21 bits per heavy atom. The van der Waals surface area contributed by atoms with Crippen LogP contribution in [0.3, 0.4) is 0 Å². The highest BCUT2D eigenvalue weighted by molar-refractivity contribution is 5.32. The minimum absolute atomic E-state index is 0.0272. The second-order valence-corrected chi connectivity index (χ2v) is 6.50. The zero-order valence-corrected chi connectivity index (χ0v) is 14.8. The van der Waals surface area contributed by atoms with Gasteiger partial charge in [0.25, 0.3) is 0 Å². The summed E-state index contributed by atoms with van der Waals surface area (Å²) in [5.41, 5.74) is 3.56. The summed E-state index contributed by atoms with van der Waals surface area (Å²) in [7, 11) is 1.70. The molecule has 0 bridgehead atoms. The van der Waals surface area contributed by atoms with Gasteiger partial charge in [-0.15, -0.1) is 0 Å². The van der Waals surface area contributed by atoms with E-state index in [1.54, 1.807) is 7.11 Å².